The zero-order valence-electron chi connectivity index (χ0n) is 15.1. The number of sulfonamides is 1. The molecule has 1 aliphatic heterocycles. The highest BCUT2D eigenvalue weighted by atomic mass is 32.2. The number of rotatable bonds is 6. The summed E-state index contributed by atoms with van der Waals surface area (Å²) < 4.78 is 26.6. The molecule has 1 saturated carbocycles. The van der Waals surface area contributed by atoms with Crippen molar-refractivity contribution < 1.29 is 13.2 Å². The second-order valence-corrected chi connectivity index (χ2v) is 8.70. The Bertz CT molecular complexity index is 732. The summed E-state index contributed by atoms with van der Waals surface area (Å²) in [6.07, 6.45) is 6.69. The Labute approximate surface area is 155 Å². The quantitative estimate of drug-likeness (QED) is 0.768. The van der Waals surface area contributed by atoms with Crippen LogP contribution in [-0.4, -0.2) is 62.9 Å². The molecule has 2 aliphatic rings. The molecule has 0 aromatic heterocycles. The van der Waals surface area contributed by atoms with Gasteiger partial charge in [0.15, 0.2) is 0 Å². The van der Waals surface area contributed by atoms with Gasteiger partial charge in [0.25, 0.3) is 5.91 Å². The fourth-order valence-corrected chi connectivity index (χ4v) is 4.77. The number of carbonyl (C=O) groups is 1. The molecule has 7 heteroatoms. The lowest BCUT2D eigenvalue weighted by Crippen LogP contribution is -2.51. The van der Waals surface area contributed by atoms with Gasteiger partial charge in [-0.05, 0) is 37.1 Å². The molecule has 0 unspecified atom stereocenters. The van der Waals surface area contributed by atoms with Gasteiger partial charge in [-0.1, -0.05) is 18.9 Å². The van der Waals surface area contributed by atoms with Gasteiger partial charge in [0.05, 0.1) is 4.90 Å². The summed E-state index contributed by atoms with van der Waals surface area (Å²) in [5.74, 6) is -0.0286. The van der Waals surface area contributed by atoms with Crippen molar-refractivity contribution in [2.45, 2.75) is 36.6 Å². The maximum absolute atomic E-state index is 12.7. The molecular formula is C19H27N3O3S. The van der Waals surface area contributed by atoms with Crippen molar-refractivity contribution in [1.82, 2.24) is 14.5 Å². The summed E-state index contributed by atoms with van der Waals surface area (Å²) in [5.41, 5.74) is 0.530. The Morgan fingerprint density at radius 2 is 1.73 bits per heavy atom. The van der Waals surface area contributed by atoms with Crippen molar-refractivity contribution in [2.75, 3.05) is 32.7 Å². The van der Waals surface area contributed by atoms with Crippen LogP contribution in [0.2, 0.25) is 0 Å². The fourth-order valence-electron chi connectivity index (χ4n) is 3.77. The monoisotopic (exact) mass is 377 g/mol. The fraction of sp³-hybridized carbons (Fsp3) is 0.526. The summed E-state index contributed by atoms with van der Waals surface area (Å²) in [7, 11) is -3.56. The third kappa shape index (κ3) is 4.34. The minimum atomic E-state index is -3.56. The summed E-state index contributed by atoms with van der Waals surface area (Å²) in [6, 6.07) is 6.84. The van der Waals surface area contributed by atoms with Crippen molar-refractivity contribution in [3.05, 3.63) is 42.5 Å². The van der Waals surface area contributed by atoms with Crippen LogP contribution in [0.5, 0.6) is 0 Å². The Hall–Kier alpha value is -1.70. The molecule has 142 valence electrons. The summed E-state index contributed by atoms with van der Waals surface area (Å²) in [4.78, 5) is 17.2. The number of nitrogens with one attached hydrogen (secondary N) is 1. The molecule has 1 aromatic rings. The van der Waals surface area contributed by atoms with Crippen LogP contribution >= 0.6 is 0 Å². The molecule has 0 bridgehead atoms. The molecule has 0 atom stereocenters. The van der Waals surface area contributed by atoms with Gasteiger partial charge in [-0.3, -0.25) is 9.69 Å². The van der Waals surface area contributed by atoms with Gasteiger partial charge in [0.2, 0.25) is 10.0 Å². The van der Waals surface area contributed by atoms with Gasteiger partial charge in [-0.25, -0.2) is 13.1 Å². The van der Waals surface area contributed by atoms with Crippen LogP contribution in [0.25, 0.3) is 0 Å². The molecule has 1 N–H and O–H groups in total. The topological polar surface area (TPSA) is 69.7 Å². The predicted octanol–water partition coefficient (Wildman–Crippen LogP) is 1.85. The summed E-state index contributed by atoms with van der Waals surface area (Å²) >= 11 is 0. The second kappa shape index (κ2) is 8.33. The molecule has 3 rings (SSSR count). The number of carbonyl (C=O) groups excluding carboxylic acids is 1. The predicted molar refractivity (Wildman–Crippen MR) is 102 cm³/mol. The van der Waals surface area contributed by atoms with Crippen LogP contribution in [0.3, 0.4) is 0 Å². The van der Waals surface area contributed by atoms with E-state index in [1.54, 1.807) is 12.1 Å². The number of hydrogen-bond acceptors (Lipinski definition) is 4. The molecule has 1 amide bonds. The van der Waals surface area contributed by atoms with Crippen LogP contribution in [0.15, 0.2) is 41.8 Å². The zero-order chi connectivity index (χ0) is 18.6. The second-order valence-electron chi connectivity index (χ2n) is 6.93. The molecule has 1 heterocycles. The van der Waals surface area contributed by atoms with E-state index >= 15 is 0 Å². The van der Waals surface area contributed by atoms with Crippen LogP contribution < -0.4 is 4.72 Å². The lowest BCUT2D eigenvalue weighted by molar-refractivity contribution is 0.0573. The van der Waals surface area contributed by atoms with Gasteiger partial charge in [-0.2, -0.15) is 0 Å². The zero-order valence-corrected chi connectivity index (χ0v) is 15.9. The number of amides is 1. The maximum Gasteiger partial charge on any atom is 0.253 e. The van der Waals surface area contributed by atoms with Gasteiger partial charge in [0, 0.05) is 44.3 Å². The molecular weight excluding hydrogens is 350 g/mol. The summed E-state index contributed by atoms with van der Waals surface area (Å²) in [6.45, 7) is 6.99. The average Bonchev–Trinajstić information content (AvgIpc) is 3.21. The van der Waals surface area contributed by atoms with Crippen LogP contribution in [0, 0.1) is 0 Å². The Kier molecular flexibility index (Phi) is 6.11. The van der Waals surface area contributed by atoms with Crippen LogP contribution in [0.4, 0.5) is 0 Å². The van der Waals surface area contributed by atoms with Crippen molar-refractivity contribution in [1.29, 1.82) is 0 Å². The number of piperazine rings is 1. The number of benzene rings is 1. The first-order valence-electron chi connectivity index (χ1n) is 9.25. The highest BCUT2D eigenvalue weighted by Crippen LogP contribution is 2.24. The average molecular weight is 378 g/mol. The van der Waals surface area contributed by atoms with E-state index in [4.69, 9.17) is 0 Å². The minimum absolute atomic E-state index is 0.0286. The van der Waals surface area contributed by atoms with E-state index in [1.165, 1.54) is 43.9 Å². The number of hydrogen-bond donors (Lipinski definition) is 1. The molecule has 2 fully saturated rings. The van der Waals surface area contributed by atoms with Crippen molar-refractivity contribution in [3.8, 4) is 0 Å². The highest BCUT2D eigenvalue weighted by Gasteiger charge is 2.28. The maximum atomic E-state index is 12.7. The smallest absolute Gasteiger partial charge is 0.253 e. The lowest BCUT2D eigenvalue weighted by Gasteiger charge is -2.38. The first-order valence-corrected chi connectivity index (χ1v) is 10.7. The lowest BCUT2D eigenvalue weighted by atomic mass is 10.1. The van der Waals surface area contributed by atoms with E-state index in [2.05, 4.69) is 16.2 Å². The van der Waals surface area contributed by atoms with Crippen molar-refractivity contribution >= 4 is 15.9 Å². The van der Waals surface area contributed by atoms with Gasteiger partial charge < -0.3 is 4.90 Å². The van der Waals surface area contributed by atoms with Crippen LogP contribution in [0.1, 0.15) is 36.0 Å². The van der Waals surface area contributed by atoms with E-state index in [9.17, 15) is 13.2 Å². The Morgan fingerprint density at radius 3 is 2.31 bits per heavy atom. The van der Waals surface area contributed by atoms with E-state index in [0.717, 1.165) is 26.2 Å². The third-order valence-electron chi connectivity index (χ3n) is 5.27. The van der Waals surface area contributed by atoms with E-state index in [0.29, 0.717) is 11.6 Å². The van der Waals surface area contributed by atoms with E-state index < -0.39 is 10.0 Å². The molecule has 6 nitrogen and oxygen atoms in total. The van der Waals surface area contributed by atoms with Gasteiger partial charge in [-0.15, -0.1) is 6.58 Å². The normalized spacial score (nSPS) is 19.6. The largest absolute Gasteiger partial charge is 0.336 e. The van der Waals surface area contributed by atoms with Crippen molar-refractivity contribution in [3.63, 3.8) is 0 Å². The number of nitrogens with zero attached hydrogens (tertiary/aromatic N) is 2. The summed E-state index contributed by atoms with van der Waals surface area (Å²) in [5, 5.41) is 0. The minimum Gasteiger partial charge on any atom is -0.336 e. The SMILES string of the molecule is C=CCNS(=O)(=O)c1ccc(C(=O)N2CCN(C3CCCC3)CC2)cc1. The van der Waals surface area contributed by atoms with E-state index in [1.807, 2.05) is 4.90 Å². The Morgan fingerprint density at radius 1 is 1.12 bits per heavy atom. The molecule has 1 aliphatic carbocycles. The molecule has 1 saturated heterocycles. The first-order chi connectivity index (χ1) is 12.5. The van der Waals surface area contributed by atoms with Crippen LogP contribution in [-0.2, 0) is 10.0 Å². The highest BCUT2D eigenvalue weighted by molar-refractivity contribution is 7.89. The molecule has 0 radical (unpaired) electrons. The molecule has 0 spiro atoms. The van der Waals surface area contributed by atoms with Gasteiger partial charge >= 0.3 is 0 Å². The van der Waals surface area contributed by atoms with Crippen molar-refractivity contribution in [2.24, 2.45) is 0 Å². The van der Waals surface area contributed by atoms with E-state index in [-0.39, 0.29) is 17.3 Å². The first kappa shape index (κ1) is 19.1. The van der Waals surface area contributed by atoms with Gasteiger partial charge in [0.1, 0.15) is 0 Å². The Balaban J connectivity index is 1.59. The molecule has 26 heavy (non-hydrogen) atoms. The third-order valence-corrected chi connectivity index (χ3v) is 6.71. The molecule has 1 aromatic carbocycles. The standard InChI is InChI=1S/C19H27N3O3S/c1-2-11-20-26(24,25)18-9-7-16(8-10-18)19(23)22-14-12-21(13-15-22)17-5-3-4-6-17/h2,7-10,17,20H,1,3-6,11-15H2.